The summed E-state index contributed by atoms with van der Waals surface area (Å²) in [5.74, 6) is -0.572. The van der Waals surface area contributed by atoms with Crippen LogP contribution in [0.2, 0.25) is 10.0 Å². The predicted octanol–water partition coefficient (Wildman–Crippen LogP) is 2.92. The Labute approximate surface area is 97.4 Å². The molecule has 0 amide bonds. The fourth-order valence-electron chi connectivity index (χ4n) is 0.966. The summed E-state index contributed by atoms with van der Waals surface area (Å²) in [5.41, 5.74) is 5.93. The fraction of sp³-hybridized carbons (Fsp3) is 0.100. The van der Waals surface area contributed by atoms with E-state index in [0.29, 0.717) is 5.02 Å². The van der Waals surface area contributed by atoms with Crippen LogP contribution in [0.25, 0.3) is 0 Å². The van der Waals surface area contributed by atoms with E-state index >= 15 is 0 Å². The highest BCUT2D eigenvalue weighted by molar-refractivity contribution is 6.37. The van der Waals surface area contributed by atoms with Crippen LogP contribution >= 0.6 is 23.2 Å². The summed E-state index contributed by atoms with van der Waals surface area (Å²) in [6.45, 7) is 3.54. The Hall–Kier alpha value is -1.19. The number of hydrogen-bond donors (Lipinski definition) is 1. The Kier molecular flexibility index (Phi) is 4.00. The minimum absolute atomic E-state index is 0.113. The monoisotopic (exact) mass is 245 g/mol. The second-order valence-corrected chi connectivity index (χ2v) is 3.58. The van der Waals surface area contributed by atoms with Crippen molar-refractivity contribution in [3.8, 4) is 0 Å². The third-order valence-corrected chi connectivity index (χ3v) is 2.18. The van der Waals surface area contributed by atoms with Crippen molar-refractivity contribution in [3.05, 3.63) is 40.4 Å². The third kappa shape index (κ3) is 2.88. The van der Waals surface area contributed by atoms with Gasteiger partial charge in [0.05, 0.1) is 16.3 Å². The summed E-state index contributed by atoms with van der Waals surface area (Å²) < 4.78 is 4.81. The summed E-state index contributed by atoms with van der Waals surface area (Å²) in [6, 6.07) is 2.87. The molecule has 15 heavy (non-hydrogen) atoms. The molecule has 0 aliphatic heterocycles. The average molecular weight is 246 g/mol. The molecule has 0 fully saturated rings. The van der Waals surface area contributed by atoms with Crippen LogP contribution in [0.3, 0.4) is 0 Å². The average Bonchev–Trinajstić information content (AvgIpc) is 2.19. The van der Waals surface area contributed by atoms with Crippen molar-refractivity contribution in [3.63, 3.8) is 0 Å². The highest BCUT2D eigenvalue weighted by Crippen LogP contribution is 2.27. The molecule has 0 atom stereocenters. The summed E-state index contributed by atoms with van der Waals surface area (Å²) >= 11 is 11.5. The van der Waals surface area contributed by atoms with Crippen molar-refractivity contribution in [2.75, 3.05) is 12.3 Å². The maximum Gasteiger partial charge on any atom is 0.340 e. The molecular formula is C10H9Cl2NO2. The molecule has 3 nitrogen and oxygen atoms in total. The van der Waals surface area contributed by atoms with Gasteiger partial charge in [0.2, 0.25) is 0 Å². The molecule has 0 spiro atoms. The van der Waals surface area contributed by atoms with E-state index in [1.165, 1.54) is 18.2 Å². The number of nitrogen functional groups attached to an aromatic ring is 1. The maximum absolute atomic E-state index is 11.5. The number of nitrogens with two attached hydrogens (primary N) is 1. The number of ether oxygens (including phenoxy) is 1. The van der Waals surface area contributed by atoms with Gasteiger partial charge < -0.3 is 10.5 Å². The highest BCUT2D eigenvalue weighted by Gasteiger charge is 2.14. The number of anilines is 1. The Bertz CT molecular complexity index is 405. The molecule has 0 aromatic heterocycles. The number of esters is 1. The van der Waals surface area contributed by atoms with Crippen LogP contribution in [0.5, 0.6) is 0 Å². The minimum atomic E-state index is -0.572. The first kappa shape index (κ1) is 11.9. The van der Waals surface area contributed by atoms with Gasteiger partial charge in [0, 0.05) is 5.02 Å². The van der Waals surface area contributed by atoms with Gasteiger partial charge in [-0.25, -0.2) is 4.79 Å². The first-order valence-corrected chi connectivity index (χ1v) is 4.84. The van der Waals surface area contributed by atoms with Gasteiger partial charge in [0.15, 0.2) is 0 Å². The van der Waals surface area contributed by atoms with Gasteiger partial charge in [0.25, 0.3) is 0 Å². The zero-order valence-electron chi connectivity index (χ0n) is 7.80. The number of hydrogen-bond acceptors (Lipinski definition) is 3. The molecule has 0 aliphatic rings. The summed E-state index contributed by atoms with van der Waals surface area (Å²) in [4.78, 5) is 11.5. The Morgan fingerprint density at radius 1 is 1.53 bits per heavy atom. The first-order chi connectivity index (χ1) is 7.06. The predicted molar refractivity (Wildman–Crippen MR) is 61.4 cm³/mol. The smallest absolute Gasteiger partial charge is 0.340 e. The molecule has 0 aliphatic carbocycles. The highest BCUT2D eigenvalue weighted by atomic mass is 35.5. The van der Waals surface area contributed by atoms with E-state index in [-0.39, 0.29) is 22.9 Å². The van der Waals surface area contributed by atoms with Crippen molar-refractivity contribution >= 4 is 34.9 Å². The molecule has 1 rings (SSSR count). The van der Waals surface area contributed by atoms with Crippen LogP contribution < -0.4 is 5.73 Å². The molecule has 0 unspecified atom stereocenters. The van der Waals surface area contributed by atoms with Crippen molar-refractivity contribution in [1.82, 2.24) is 0 Å². The van der Waals surface area contributed by atoms with E-state index < -0.39 is 5.97 Å². The molecule has 5 heteroatoms. The van der Waals surface area contributed by atoms with Crippen LogP contribution in [0.15, 0.2) is 24.8 Å². The topological polar surface area (TPSA) is 52.3 Å². The molecular weight excluding hydrogens is 237 g/mol. The van der Waals surface area contributed by atoms with Crippen LogP contribution in [-0.2, 0) is 4.74 Å². The van der Waals surface area contributed by atoms with Crippen molar-refractivity contribution < 1.29 is 9.53 Å². The number of rotatable bonds is 3. The number of carbonyl (C=O) groups excluding carboxylic acids is 1. The number of halogens is 2. The van der Waals surface area contributed by atoms with E-state index in [9.17, 15) is 4.79 Å². The molecule has 0 radical (unpaired) electrons. The zero-order chi connectivity index (χ0) is 11.4. The van der Waals surface area contributed by atoms with Gasteiger partial charge in [-0.15, -0.1) is 0 Å². The first-order valence-electron chi connectivity index (χ1n) is 4.08. The second kappa shape index (κ2) is 5.05. The number of carbonyl (C=O) groups is 1. The molecule has 0 bridgehead atoms. The summed E-state index contributed by atoms with van der Waals surface area (Å²) in [7, 11) is 0. The van der Waals surface area contributed by atoms with Crippen LogP contribution in [0.1, 0.15) is 10.4 Å². The van der Waals surface area contributed by atoms with Crippen LogP contribution in [0, 0.1) is 0 Å². The SMILES string of the molecule is C=CCOC(=O)c1cc(Cl)cc(Cl)c1N. The molecule has 0 saturated heterocycles. The standard InChI is InChI=1S/C10H9Cl2NO2/c1-2-3-15-10(14)7-4-6(11)5-8(12)9(7)13/h2,4-5H,1,3,13H2. The van der Waals surface area contributed by atoms with E-state index in [1.807, 2.05) is 0 Å². The lowest BCUT2D eigenvalue weighted by Gasteiger charge is -2.07. The van der Waals surface area contributed by atoms with Gasteiger partial charge in [-0.2, -0.15) is 0 Å². The largest absolute Gasteiger partial charge is 0.458 e. The summed E-state index contributed by atoms with van der Waals surface area (Å²) in [6.07, 6.45) is 1.46. The molecule has 1 aromatic carbocycles. The third-order valence-electron chi connectivity index (χ3n) is 1.65. The Morgan fingerprint density at radius 2 is 2.20 bits per heavy atom. The van der Waals surface area contributed by atoms with E-state index in [4.69, 9.17) is 33.7 Å². The molecule has 80 valence electrons. The lowest BCUT2D eigenvalue weighted by atomic mass is 10.2. The van der Waals surface area contributed by atoms with Crippen molar-refractivity contribution in [2.24, 2.45) is 0 Å². The Balaban J connectivity index is 3.02. The quantitative estimate of drug-likeness (QED) is 0.506. The van der Waals surface area contributed by atoms with Crippen LogP contribution in [-0.4, -0.2) is 12.6 Å². The van der Waals surface area contributed by atoms with E-state index in [1.54, 1.807) is 0 Å². The lowest BCUT2D eigenvalue weighted by molar-refractivity contribution is 0.0551. The van der Waals surface area contributed by atoms with Gasteiger partial charge in [-0.05, 0) is 12.1 Å². The van der Waals surface area contributed by atoms with Crippen molar-refractivity contribution in [1.29, 1.82) is 0 Å². The number of benzene rings is 1. The van der Waals surface area contributed by atoms with Crippen LogP contribution in [0.4, 0.5) is 5.69 Å². The van der Waals surface area contributed by atoms with E-state index in [0.717, 1.165) is 0 Å². The van der Waals surface area contributed by atoms with Gasteiger partial charge in [0.1, 0.15) is 6.61 Å². The van der Waals surface area contributed by atoms with Gasteiger partial charge in [-0.3, -0.25) is 0 Å². The maximum atomic E-state index is 11.5. The minimum Gasteiger partial charge on any atom is -0.458 e. The van der Waals surface area contributed by atoms with Gasteiger partial charge >= 0.3 is 5.97 Å². The van der Waals surface area contributed by atoms with Gasteiger partial charge in [-0.1, -0.05) is 35.9 Å². The van der Waals surface area contributed by atoms with Crippen molar-refractivity contribution in [2.45, 2.75) is 0 Å². The molecule has 2 N–H and O–H groups in total. The molecule has 1 aromatic rings. The normalized spacial score (nSPS) is 9.73. The fourth-order valence-corrected chi connectivity index (χ4v) is 1.46. The Morgan fingerprint density at radius 3 is 2.80 bits per heavy atom. The lowest BCUT2D eigenvalue weighted by Crippen LogP contribution is -2.08. The zero-order valence-corrected chi connectivity index (χ0v) is 9.31. The molecule has 0 heterocycles. The summed E-state index contributed by atoms with van der Waals surface area (Å²) in [5, 5.41) is 0.563. The van der Waals surface area contributed by atoms with E-state index in [2.05, 4.69) is 6.58 Å². The second-order valence-electron chi connectivity index (χ2n) is 2.74. The molecule has 0 saturated carbocycles.